The van der Waals surface area contributed by atoms with Crippen LogP contribution in [0.1, 0.15) is 59.0 Å². The number of imidazole rings is 3. The van der Waals surface area contributed by atoms with E-state index in [1.165, 1.54) is 56.6 Å². The molecule has 4 rings (SSSR count). The third-order valence-corrected chi connectivity index (χ3v) is 6.04. The van der Waals surface area contributed by atoms with E-state index in [4.69, 9.17) is 16.2 Å². The monoisotopic (exact) mass is 604 g/mol. The highest BCUT2D eigenvalue weighted by Gasteiger charge is 2.21. The Morgan fingerprint density at radius 3 is 1.50 bits per heavy atom. The minimum atomic E-state index is -1.12. The molecule has 18 heteroatoms. The van der Waals surface area contributed by atoms with E-state index in [2.05, 4.69) is 36.2 Å². The molecule has 4 aromatic rings. The van der Waals surface area contributed by atoms with Gasteiger partial charge in [0.25, 0.3) is 23.6 Å². The third-order valence-electron chi connectivity index (χ3n) is 6.04. The molecule has 0 aliphatic heterocycles. The quantitative estimate of drug-likeness (QED) is 0.0915. The maximum Gasteiger partial charge on any atom is 0.335 e. The number of anilines is 3. The third kappa shape index (κ3) is 7.11. The van der Waals surface area contributed by atoms with Gasteiger partial charge in [-0.05, 0) is 24.3 Å². The number of nitrogens with two attached hydrogens (primary N) is 1. The van der Waals surface area contributed by atoms with Gasteiger partial charge in [0, 0.05) is 58.3 Å². The molecule has 0 bridgehead atoms. The molecule has 8 N–H and O–H groups in total. The largest absolute Gasteiger partial charge is 0.478 e. The maximum atomic E-state index is 12.9. The number of carboxylic acids is 1. The summed E-state index contributed by atoms with van der Waals surface area (Å²) in [5, 5.41) is 26.5. The molecule has 0 saturated heterocycles. The highest BCUT2D eigenvalue weighted by molar-refractivity contribution is 6.06. The average molecular weight is 605 g/mol. The molecule has 4 amide bonds. The first-order valence-electron chi connectivity index (χ1n) is 12.8. The summed E-state index contributed by atoms with van der Waals surface area (Å²) in [5.74, 6) is -3.49. The van der Waals surface area contributed by atoms with Crippen LogP contribution in [0.5, 0.6) is 0 Å². The van der Waals surface area contributed by atoms with Gasteiger partial charge in [0.15, 0.2) is 17.5 Å². The Labute approximate surface area is 248 Å². The Balaban J connectivity index is 1.38. The van der Waals surface area contributed by atoms with Crippen LogP contribution in [-0.2, 0) is 21.1 Å². The molecule has 0 saturated carbocycles. The highest BCUT2D eigenvalue weighted by Crippen LogP contribution is 2.15. The number of nitrogens with zero attached hydrogens (tertiary/aromatic N) is 6. The number of amidine groups is 1. The Bertz CT molecular complexity index is 1780. The van der Waals surface area contributed by atoms with Gasteiger partial charge in [0.2, 0.25) is 17.5 Å². The van der Waals surface area contributed by atoms with Gasteiger partial charge in [-0.25, -0.2) is 19.7 Å². The number of carboxylic acid groups (broad SMARTS) is 1. The van der Waals surface area contributed by atoms with Crippen LogP contribution in [0, 0.1) is 5.41 Å². The molecule has 0 unspecified atom stereocenters. The van der Waals surface area contributed by atoms with Crippen molar-refractivity contribution in [2.45, 2.75) is 6.42 Å². The fourth-order valence-corrected chi connectivity index (χ4v) is 3.90. The lowest BCUT2D eigenvalue weighted by atomic mass is 10.1. The summed E-state index contributed by atoms with van der Waals surface area (Å²) >= 11 is 0. The first kappa shape index (κ1) is 30.6. The number of hydrogen-bond acceptors (Lipinski definition) is 9. The SMILES string of the molecule is Cn1cc(NC(=O)c2nc(NC(=O)c3nc(NC(=O)c4ccc(C(=O)O)cc4)cn3C)cn2C)nc1C(=O)NCCC(=N)N. The molecule has 0 atom stereocenters. The molecule has 0 aliphatic carbocycles. The number of benzene rings is 1. The lowest BCUT2D eigenvalue weighted by Crippen LogP contribution is -2.29. The van der Waals surface area contributed by atoms with Crippen LogP contribution in [0.4, 0.5) is 17.5 Å². The zero-order chi connectivity index (χ0) is 32.1. The van der Waals surface area contributed by atoms with E-state index in [9.17, 15) is 24.0 Å². The fraction of sp³-hybridized carbons (Fsp3) is 0.192. The number of aromatic nitrogens is 6. The summed E-state index contributed by atoms with van der Waals surface area (Å²) < 4.78 is 4.17. The number of aryl methyl sites for hydroxylation is 3. The number of nitrogens with one attached hydrogen (secondary N) is 5. The van der Waals surface area contributed by atoms with Crippen LogP contribution in [0.3, 0.4) is 0 Å². The lowest BCUT2D eigenvalue weighted by molar-refractivity contribution is 0.0695. The molecule has 3 aromatic heterocycles. The predicted molar refractivity (Wildman–Crippen MR) is 156 cm³/mol. The van der Waals surface area contributed by atoms with E-state index in [0.29, 0.717) is 0 Å². The number of amides is 4. The van der Waals surface area contributed by atoms with E-state index in [0.717, 1.165) is 0 Å². The van der Waals surface area contributed by atoms with E-state index in [1.54, 1.807) is 21.1 Å². The first-order chi connectivity index (χ1) is 20.8. The fourth-order valence-electron chi connectivity index (χ4n) is 3.90. The second kappa shape index (κ2) is 12.7. The van der Waals surface area contributed by atoms with Gasteiger partial charge in [-0.2, -0.15) is 0 Å². The van der Waals surface area contributed by atoms with Crippen molar-refractivity contribution in [3.63, 3.8) is 0 Å². The van der Waals surface area contributed by atoms with E-state index in [-0.39, 0.29) is 64.9 Å². The van der Waals surface area contributed by atoms with Gasteiger partial charge in [0.05, 0.1) is 11.4 Å². The van der Waals surface area contributed by atoms with Crippen molar-refractivity contribution in [1.82, 2.24) is 34.0 Å². The van der Waals surface area contributed by atoms with Gasteiger partial charge < -0.3 is 45.8 Å². The standard InChI is InChI=1S/C26H28N12O6/c1-36-11-17(30-19(36)23(40)29-9-8-15(27)28)34-25(42)21-32-18(12-38(21)3)35-24(41)20-31-16(10-37(20)2)33-22(39)13-4-6-14(7-5-13)26(43)44/h4-7,10-12H,8-9H2,1-3H3,(H3,27,28)(H,29,40)(H,33,39)(H,34,42)(H,35,41)(H,43,44). The molecule has 0 fully saturated rings. The zero-order valence-corrected chi connectivity index (χ0v) is 23.7. The summed E-state index contributed by atoms with van der Waals surface area (Å²) in [7, 11) is 4.66. The van der Waals surface area contributed by atoms with Gasteiger partial charge in [-0.15, -0.1) is 0 Å². The molecular weight excluding hydrogens is 576 g/mol. The lowest BCUT2D eigenvalue weighted by Gasteiger charge is -2.03. The molecule has 1 aromatic carbocycles. The second-order valence-electron chi connectivity index (χ2n) is 9.46. The normalized spacial score (nSPS) is 10.6. The topological polar surface area (TPSA) is 257 Å². The number of carbonyl (C=O) groups excluding carboxylic acids is 4. The van der Waals surface area contributed by atoms with E-state index in [1.807, 2.05) is 0 Å². The van der Waals surface area contributed by atoms with Crippen LogP contribution in [0.2, 0.25) is 0 Å². The number of aromatic carboxylic acids is 1. The smallest absolute Gasteiger partial charge is 0.335 e. The summed E-state index contributed by atoms with van der Waals surface area (Å²) in [6, 6.07) is 5.30. The molecule has 228 valence electrons. The summed E-state index contributed by atoms with van der Waals surface area (Å²) in [6.45, 7) is 0.156. The summed E-state index contributed by atoms with van der Waals surface area (Å²) in [4.78, 5) is 74.1. The number of carbonyl (C=O) groups is 5. The number of rotatable bonds is 11. The first-order valence-corrected chi connectivity index (χ1v) is 12.8. The molecule has 0 aliphatic rings. The molecular formula is C26H28N12O6. The minimum Gasteiger partial charge on any atom is -0.478 e. The van der Waals surface area contributed by atoms with E-state index >= 15 is 0 Å². The van der Waals surface area contributed by atoms with Gasteiger partial charge in [0.1, 0.15) is 0 Å². The minimum absolute atomic E-state index is 0.0263. The summed E-state index contributed by atoms with van der Waals surface area (Å²) in [5.41, 5.74) is 5.51. The average Bonchev–Trinajstić information content (AvgIpc) is 3.63. The van der Waals surface area contributed by atoms with Crippen LogP contribution < -0.4 is 27.0 Å². The molecule has 0 spiro atoms. The Morgan fingerprint density at radius 1 is 0.705 bits per heavy atom. The van der Waals surface area contributed by atoms with E-state index < -0.39 is 29.6 Å². The molecule has 0 radical (unpaired) electrons. The van der Waals surface area contributed by atoms with Crippen molar-refractivity contribution in [2.24, 2.45) is 26.9 Å². The molecule has 3 heterocycles. The van der Waals surface area contributed by atoms with Crippen molar-refractivity contribution in [1.29, 1.82) is 5.41 Å². The highest BCUT2D eigenvalue weighted by atomic mass is 16.4. The van der Waals surface area contributed by atoms with Crippen LogP contribution in [-0.4, -0.2) is 75.7 Å². The molecule has 44 heavy (non-hydrogen) atoms. The Kier molecular flexibility index (Phi) is 8.82. The van der Waals surface area contributed by atoms with Crippen molar-refractivity contribution >= 4 is 52.9 Å². The van der Waals surface area contributed by atoms with Crippen LogP contribution >= 0.6 is 0 Å². The van der Waals surface area contributed by atoms with Crippen molar-refractivity contribution in [2.75, 3.05) is 22.5 Å². The summed E-state index contributed by atoms with van der Waals surface area (Å²) in [6.07, 6.45) is 4.44. The van der Waals surface area contributed by atoms with Crippen molar-refractivity contribution in [3.05, 3.63) is 71.5 Å². The van der Waals surface area contributed by atoms with Gasteiger partial charge >= 0.3 is 5.97 Å². The number of hydrogen-bond donors (Lipinski definition) is 7. The van der Waals surface area contributed by atoms with Gasteiger partial charge in [-0.3, -0.25) is 24.6 Å². The zero-order valence-electron chi connectivity index (χ0n) is 23.7. The van der Waals surface area contributed by atoms with Crippen LogP contribution in [0.15, 0.2) is 42.9 Å². The maximum absolute atomic E-state index is 12.9. The second-order valence-corrected chi connectivity index (χ2v) is 9.46. The van der Waals surface area contributed by atoms with Gasteiger partial charge in [-0.1, -0.05) is 0 Å². The predicted octanol–water partition coefficient (Wildman–Crippen LogP) is 0.398. The Hall–Kier alpha value is -6.33. The molecule has 18 nitrogen and oxygen atoms in total. The Morgan fingerprint density at radius 2 is 1.09 bits per heavy atom. The van der Waals surface area contributed by atoms with Crippen molar-refractivity contribution in [3.8, 4) is 0 Å². The van der Waals surface area contributed by atoms with Crippen LogP contribution in [0.25, 0.3) is 0 Å². The van der Waals surface area contributed by atoms with Crippen molar-refractivity contribution < 1.29 is 29.1 Å².